The van der Waals surface area contributed by atoms with Crippen LogP contribution < -0.4 is 16.0 Å². The number of carboxylic acids is 1. The number of aliphatic hydroxyl groups excluding tert-OH is 3. The van der Waals surface area contributed by atoms with Gasteiger partial charge in [-0.1, -0.05) is 168 Å². The molecule has 0 aromatic heterocycles. The van der Waals surface area contributed by atoms with Gasteiger partial charge in [0, 0.05) is 19.4 Å². The molecule has 1 saturated heterocycles. The number of aliphatic carboxylic acids is 1. The lowest BCUT2D eigenvalue weighted by Crippen LogP contribution is -2.56. The maximum Gasteiger partial charge on any atom is 0.303 e. The van der Waals surface area contributed by atoms with Gasteiger partial charge in [-0.3, -0.25) is 19.2 Å². The average Bonchev–Trinajstić information content (AvgIpc) is 3.49. The molecule has 1 aliphatic heterocycles. The summed E-state index contributed by atoms with van der Waals surface area (Å²) in [5.74, 6) is -3.14. The van der Waals surface area contributed by atoms with E-state index in [1.54, 1.807) is 0 Å². The van der Waals surface area contributed by atoms with E-state index in [1.807, 2.05) is 0 Å². The number of carboxylic acid groups (broad SMARTS) is 1. The number of rotatable bonds is 38. The topological polar surface area (TPSA) is 204 Å². The fourth-order valence-electron chi connectivity index (χ4n) is 7.72. The predicted molar refractivity (Wildman–Crippen MR) is 228 cm³/mol. The zero-order valence-corrected chi connectivity index (χ0v) is 36.9. The van der Waals surface area contributed by atoms with Crippen molar-refractivity contribution in [2.24, 2.45) is 5.92 Å². The Labute approximate surface area is 350 Å². The van der Waals surface area contributed by atoms with Crippen LogP contribution in [-0.4, -0.2) is 101 Å². The van der Waals surface area contributed by atoms with E-state index in [9.17, 15) is 39.6 Å². The van der Waals surface area contributed by atoms with E-state index in [1.165, 1.54) is 130 Å². The maximum absolute atomic E-state index is 14.0. The van der Waals surface area contributed by atoms with E-state index in [0.29, 0.717) is 12.8 Å². The molecule has 0 aliphatic carbocycles. The number of hydrogen-bond acceptors (Lipinski definition) is 9. The normalized spacial score (nSPS) is 19.5. The van der Waals surface area contributed by atoms with Crippen molar-refractivity contribution in [2.75, 3.05) is 13.7 Å². The number of amides is 3. The quantitative estimate of drug-likeness (QED) is 0.0312. The molecule has 1 rings (SSSR count). The number of likely N-dealkylation sites (N-methyl/N-ethyl adjacent to an activating group) is 1. The van der Waals surface area contributed by atoms with Crippen LogP contribution in [0.2, 0.25) is 0 Å². The van der Waals surface area contributed by atoms with Crippen LogP contribution in [0.4, 0.5) is 0 Å². The smallest absolute Gasteiger partial charge is 0.303 e. The molecule has 7 N–H and O–H groups in total. The third kappa shape index (κ3) is 24.7. The molecule has 0 spiro atoms. The van der Waals surface area contributed by atoms with Gasteiger partial charge in [-0.15, -0.1) is 0 Å². The van der Waals surface area contributed by atoms with Crippen molar-refractivity contribution in [3.63, 3.8) is 0 Å². The van der Waals surface area contributed by atoms with Gasteiger partial charge in [0.1, 0.15) is 30.4 Å². The van der Waals surface area contributed by atoms with E-state index >= 15 is 0 Å². The van der Waals surface area contributed by atoms with Gasteiger partial charge in [0.2, 0.25) is 17.7 Å². The van der Waals surface area contributed by atoms with E-state index < -0.39 is 67.2 Å². The number of nitrogens with one attached hydrogen (secondary N) is 3. The van der Waals surface area contributed by atoms with Gasteiger partial charge in [-0.05, 0) is 26.2 Å². The summed E-state index contributed by atoms with van der Waals surface area (Å²) in [5.41, 5.74) is 0. The molecule has 1 heterocycles. The van der Waals surface area contributed by atoms with Crippen LogP contribution in [-0.2, 0) is 28.7 Å². The van der Waals surface area contributed by atoms with Crippen LogP contribution in [0.1, 0.15) is 201 Å². The summed E-state index contributed by atoms with van der Waals surface area (Å²) in [6.45, 7) is 5.41. The third-order valence-corrected chi connectivity index (χ3v) is 11.5. The molecule has 13 nitrogen and oxygen atoms in total. The molecule has 13 heteroatoms. The van der Waals surface area contributed by atoms with Gasteiger partial charge >= 0.3 is 5.97 Å². The van der Waals surface area contributed by atoms with E-state index in [4.69, 9.17) is 9.47 Å². The van der Waals surface area contributed by atoms with Crippen molar-refractivity contribution in [1.29, 1.82) is 0 Å². The minimum atomic E-state index is -1.52. The van der Waals surface area contributed by atoms with Gasteiger partial charge < -0.3 is 45.9 Å². The summed E-state index contributed by atoms with van der Waals surface area (Å²) in [6, 6.07) is -2.50. The lowest BCUT2D eigenvalue weighted by atomic mass is 9.93. The molecule has 1 fully saturated rings. The highest BCUT2D eigenvalue weighted by atomic mass is 16.7. The monoisotopic (exact) mass is 828 g/mol. The molecule has 1 unspecified atom stereocenters. The Balaban J connectivity index is 2.92. The SMILES string of the molecule is CCCCCCCCCCCCCCC(CCCCCCCCCCCCCC)C(=O)N[C@@H](CO[C@@H]1O[C@H](C(C)O)[C@@H](O)[C@@H]1O)C(=O)N[C@H](CCC(=O)O)C(=O)NC. The zero-order chi connectivity index (χ0) is 43.0. The van der Waals surface area contributed by atoms with Crippen molar-refractivity contribution in [3.05, 3.63) is 0 Å². The second-order valence-corrected chi connectivity index (χ2v) is 16.7. The van der Waals surface area contributed by atoms with Crippen LogP contribution >= 0.6 is 0 Å². The molecule has 0 saturated carbocycles. The van der Waals surface area contributed by atoms with E-state index in [-0.39, 0.29) is 24.7 Å². The summed E-state index contributed by atoms with van der Waals surface area (Å²) in [4.78, 5) is 51.6. The van der Waals surface area contributed by atoms with Crippen molar-refractivity contribution in [2.45, 2.75) is 243 Å². The standard InChI is InChI=1S/C45H85N3O10/c1-5-7-9-11-13-15-17-19-21-23-25-27-29-35(30-28-26-24-22-20-18-16-14-12-10-8-6-2)42(54)48-37(33-57-45-40(53)39(52)41(58-45)34(3)49)44(56)47-36(43(55)46-4)31-32-38(50)51/h34-37,39-41,45,49,52-53H,5-33H2,1-4H3,(H,46,55)(H,47,56)(H,48,54)(H,50,51)/t34?,36-,37+,39+,40+,41-,45-/m1/s1. The molecule has 3 amide bonds. The van der Waals surface area contributed by atoms with Gasteiger partial charge in [0.15, 0.2) is 6.29 Å². The molecule has 0 radical (unpaired) electrons. The summed E-state index contributed by atoms with van der Waals surface area (Å²) in [6.07, 6.45) is 23.3. The fraction of sp³-hybridized carbons (Fsp3) is 0.911. The summed E-state index contributed by atoms with van der Waals surface area (Å²) < 4.78 is 11.3. The summed E-state index contributed by atoms with van der Waals surface area (Å²) >= 11 is 0. The van der Waals surface area contributed by atoms with Crippen molar-refractivity contribution in [1.82, 2.24) is 16.0 Å². The summed E-state index contributed by atoms with van der Waals surface area (Å²) in [7, 11) is 1.38. The number of aliphatic hydroxyl groups is 3. The van der Waals surface area contributed by atoms with E-state index in [2.05, 4.69) is 29.8 Å². The fourth-order valence-corrected chi connectivity index (χ4v) is 7.72. The summed E-state index contributed by atoms with van der Waals surface area (Å²) in [5, 5.41) is 48.0. The number of carbonyl (C=O) groups is 4. The van der Waals surface area contributed by atoms with Crippen LogP contribution in [0.3, 0.4) is 0 Å². The van der Waals surface area contributed by atoms with Crippen molar-refractivity contribution >= 4 is 23.7 Å². The lowest BCUT2D eigenvalue weighted by molar-refractivity contribution is -0.181. The molecular weight excluding hydrogens is 743 g/mol. The predicted octanol–water partition coefficient (Wildman–Crippen LogP) is 7.21. The number of carbonyl (C=O) groups excluding carboxylic acids is 3. The molecular formula is C45H85N3O10. The largest absolute Gasteiger partial charge is 0.481 e. The highest BCUT2D eigenvalue weighted by Crippen LogP contribution is 2.25. The highest BCUT2D eigenvalue weighted by Gasteiger charge is 2.46. The Kier molecular flexibility index (Phi) is 31.8. The third-order valence-electron chi connectivity index (χ3n) is 11.5. The number of unbranched alkanes of at least 4 members (excludes halogenated alkanes) is 22. The molecule has 1 aliphatic rings. The minimum absolute atomic E-state index is 0.171. The Morgan fingerprint density at radius 1 is 0.586 bits per heavy atom. The molecule has 0 bridgehead atoms. The second kappa shape index (κ2) is 34.4. The first-order valence-electron chi connectivity index (χ1n) is 23.3. The first-order valence-corrected chi connectivity index (χ1v) is 23.3. The number of ether oxygens (including phenoxy) is 2. The Bertz CT molecular complexity index is 1050. The molecule has 7 atom stereocenters. The molecule has 58 heavy (non-hydrogen) atoms. The maximum atomic E-state index is 14.0. The lowest BCUT2D eigenvalue weighted by Gasteiger charge is -2.26. The Morgan fingerprint density at radius 3 is 1.38 bits per heavy atom. The second-order valence-electron chi connectivity index (χ2n) is 16.7. The van der Waals surface area contributed by atoms with Crippen LogP contribution in [0, 0.1) is 5.92 Å². The highest BCUT2D eigenvalue weighted by molar-refractivity contribution is 5.92. The molecule has 0 aromatic carbocycles. The zero-order valence-electron chi connectivity index (χ0n) is 36.9. The van der Waals surface area contributed by atoms with Crippen molar-refractivity contribution < 1.29 is 49.1 Å². The van der Waals surface area contributed by atoms with E-state index in [0.717, 1.165) is 38.5 Å². The average molecular weight is 828 g/mol. The van der Waals surface area contributed by atoms with Gasteiger partial charge in [0.05, 0.1) is 12.7 Å². The minimum Gasteiger partial charge on any atom is -0.481 e. The van der Waals surface area contributed by atoms with Gasteiger partial charge in [-0.25, -0.2) is 0 Å². The molecule has 340 valence electrons. The Morgan fingerprint density at radius 2 is 1.00 bits per heavy atom. The first kappa shape index (κ1) is 53.7. The van der Waals surface area contributed by atoms with Crippen LogP contribution in [0.5, 0.6) is 0 Å². The van der Waals surface area contributed by atoms with Crippen LogP contribution in [0.25, 0.3) is 0 Å². The number of hydrogen-bond donors (Lipinski definition) is 7. The molecule has 0 aromatic rings. The first-order chi connectivity index (χ1) is 28.0. The van der Waals surface area contributed by atoms with Crippen LogP contribution in [0.15, 0.2) is 0 Å². The van der Waals surface area contributed by atoms with Gasteiger partial charge in [0.25, 0.3) is 0 Å². The van der Waals surface area contributed by atoms with Crippen molar-refractivity contribution in [3.8, 4) is 0 Å². The Hall–Kier alpha value is -2.32. The van der Waals surface area contributed by atoms with Gasteiger partial charge in [-0.2, -0.15) is 0 Å².